The van der Waals surface area contributed by atoms with Crippen LogP contribution in [0.25, 0.3) is 10.9 Å². The van der Waals surface area contributed by atoms with Crippen LogP contribution in [0.2, 0.25) is 0 Å². The maximum Gasteiger partial charge on any atom is 0.343 e. The lowest BCUT2D eigenvalue weighted by Gasteiger charge is -2.13. The molecule has 0 saturated carbocycles. The highest BCUT2D eigenvalue weighted by atomic mass is 32.2. The molecule has 0 fully saturated rings. The Labute approximate surface area is 181 Å². The third kappa shape index (κ3) is 4.19. The van der Waals surface area contributed by atoms with E-state index in [0.717, 1.165) is 15.8 Å². The molecule has 9 nitrogen and oxygen atoms in total. The zero-order chi connectivity index (χ0) is 21.8. The van der Waals surface area contributed by atoms with E-state index in [4.69, 9.17) is 9.47 Å². The smallest absolute Gasteiger partial charge is 0.343 e. The first-order valence-corrected chi connectivity index (χ1v) is 9.92. The summed E-state index contributed by atoms with van der Waals surface area (Å²) in [5.41, 5.74) is 1.01. The van der Waals surface area contributed by atoms with E-state index in [-0.39, 0.29) is 16.5 Å². The minimum absolute atomic E-state index is 0.0548. The van der Waals surface area contributed by atoms with Gasteiger partial charge in [-0.2, -0.15) is 0 Å². The number of nitro groups is 1. The predicted octanol–water partition coefficient (Wildman–Crippen LogP) is 4.85. The molecule has 0 spiro atoms. The van der Waals surface area contributed by atoms with E-state index in [1.54, 1.807) is 31.5 Å². The molecule has 0 bridgehead atoms. The molecule has 0 aliphatic rings. The number of pyridine rings is 1. The average molecular weight is 435 g/mol. The Morgan fingerprint density at radius 1 is 1.03 bits per heavy atom. The Balaban J connectivity index is 1.75. The van der Waals surface area contributed by atoms with Gasteiger partial charge in [0.25, 0.3) is 0 Å². The first-order chi connectivity index (χ1) is 15.1. The SMILES string of the molecule is COc1ccc(Nc2ncnc(Sc3cccc4cccnc34)c2[N+](=O)[O-])c(OC)c1. The van der Waals surface area contributed by atoms with Crippen LogP contribution < -0.4 is 14.8 Å². The molecule has 2 aromatic carbocycles. The summed E-state index contributed by atoms with van der Waals surface area (Å²) in [7, 11) is 3.05. The molecule has 0 atom stereocenters. The van der Waals surface area contributed by atoms with Gasteiger partial charge in [-0.3, -0.25) is 15.1 Å². The highest BCUT2D eigenvalue weighted by Crippen LogP contribution is 2.40. The summed E-state index contributed by atoms with van der Waals surface area (Å²) >= 11 is 1.17. The van der Waals surface area contributed by atoms with Crippen molar-refractivity contribution in [2.75, 3.05) is 19.5 Å². The largest absolute Gasteiger partial charge is 0.497 e. The fourth-order valence-corrected chi connectivity index (χ4v) is 3.98. The van der Waals surface area contributed by atoms with Crippen LogP contribution in [0.1, 0.15) is 0 Å². The number of benzene rings is 2. The number of fused-ring (bicyclic) bond motifs is 1. The summed E-state index contributed by atoms with van der Waals surface area (Å²) < 4.78 is 10.6. The van der Waals surface area contributed by atoms with Crippen LogP contribution in [0.4, 0.5) is 17.2 Å². The number of para-hydroxylation sites is 1. The second-order valence-corrected chi connectivity index (χ2v) is 7.29. The first-order valence-electron chi connectivity index (χ1n) is 9.10. The number of ether oxygens (including phenoxy) is 2. The normalized spacial score (nSPS) is 10.6. The summed E-state index contributed by atoms with van der Waals surface area (Å²) in [5.74, 6) is 1.11. The summed E-state index contributed by atoms with van der Waals surface area (Å²) in [4.78, 5) is 24.9. The monoisotopic (exact) mass is 435 g/mol. The van der Waals surface area contributed by atoms with E-state index in [0.29, 0.717) is 17.2 Å². The van der Waals surface area contributed by atoms with Gasteiger partial charge in [0.15, 0.2) is 5.03 Å². The molecule has 4 aromatic rings. The number of rotatable bonds is 7. The summed E-state index contributed by atoms with van der Waals surface area (Å²) in [6, 6.07) is 14.5. The van der Waals surface area contributed by atoms with Crippen LogP contribution >= 0.6 is 11.8 Å². The third-order valence-electron chi connectivity index (χ3n) is 4.44. The number of anilines is 2. The van der Waals surface area contributed by atoms with Gasteiger partial charge in [0, 0.05) is 22.5 Å². The molecule has 0 aliphatic heterocycles. The molecule has 1 N–H and O–H groups in total. The lowest BCUT2D eigenvalue weighted by Crippen LogP contribution is -2.04. The second-order valence-electron chi connectivity index (χ2n) is 6.26. The van der Waals surface area contributed by atoms with Crippen LogP contribution in [-0.4, -0.2) is 34.1 Å². The minimum Gasteiger partial charge on any atom is -0.497 e. The molecular weight excluding hydrogens is 418 g/mol. The van der Waals surface area contributed by atoms with E-state index in [9.17, 15) is 10.1 Å². The van der Waals surface area contributed by atoms with Gasteiger partial charge in [-0.1, -0.05) is 30.0 Å². The molecule has 0 radical (unpaired) electrons. The Morgan fingerprint density at radius 3 is 2.65 bits per heavy atom. The lowest BCUT2D eigenvalue weighted by atomic mass is 10.2. The molecule has 0 unspecified atom stereocenters. The Bertz CT molecular complexity index is 1260. The van der Waals surface area contributed by atoms with Gasteiger partial charge in [-0.05, 0) is 24.3 Å². The van der Waals surface area contributed by atoms with Gasteiger partial charge in [0.1, 0.15) is 17.8 Å². The van der Waals surface area contributed by atoms with Crippen molar-refractivity contribution < 1.29 is 14.4 Å². The van der Waals surface area contributed by atoms with Gasteiger partial charge in [-0.15, -0.1) is 0 Å². The van der Waals surface area contributed by atoms with E-state index < -0.39 is 4.92 Å². The van der Waals surface area contributed by atoms with Gasteiger partial charge in [0.2, 0.25) is 5.82 Å². The van der Waals surface area contributed by atoms with Gasteiger partial charge in [-0.25, -0.2) is 9.97 Å². The number of aromatic nitrogens is 3. The number of methoxy groups -OCH3 is 2. The van der Waals surface area contributed by atoms with E-state index in [2.05, 4.69) is 20.3 Å². The molecular formula is C21H17N5O4S. The Kier molecular flexibility index (Phi) is 5.80. The van der Waals surface area contributed by atoms with Crippen molar-refractivity contribution in [1.29, 1.82) is 0 Å². The molecule has 4 rings (SSSR count). The van der Waals surface area contributed by atoms with Gasteiger partial charge < -0.3 is 14.8 Å². The Hall–Kier alpha value is -3.92. The standard InChI is InChI=1S/C21H17N5O4S/c1-29-14-8-9-15(16(11-14)30-2)25-20-19(26(27)28)21(24-12-23-20)31-17-7-3-5-13-6-4-10-22-18(13)17/h3-12H,1-2H3,(H,23,24,25). The zero-order valence-corrected chi connectivity index (χ0v) is 17.4. The maximum atomic E-state index is 11.9. The predicted molar refractivity (Wildman–Crippen MR) is 117 cm³/mol. The quantitative estimate of drug-likeness (QED) is 0.247. The Morgan fingerprint density at radius 2 is 1.87 bits per heavy atom. The molecule has 10 heteroatoms. The highest BCUT2D eigenvalue weighted by Gasteiger charge is 2.25. The summed E-state index contributed by atoms with van der Waals surface area (Å²) in [5, 5.41) is 16.1. The molecule has 31 heavy (non-hydrogen) atoms. The van der Waals surface area contributed by atoms with Crippen LogP contribution in [0.15, 0.2) is 71.0 Å². The topological polar surface area (TPSA) is 112 Å². The number of nitrogens with one attached hydrogen (secondary N) is 1. The van der Waals surface area contributed by atoms with Crippen molar-refractivity contribution >= 4 is 39.9 Å². The van der Waals surface area contributed by atoms with E-state index in [1.807, 2.05) is 30.3 Å². The van der Waals surface area contributed by atoms with Crippen LogP contribution in [0.3, 0.4) is 0 Å². The lowest BCUT2D eigenvalue weighted by molar-refractivity contribution is -0.387. The number of hydrogen-bond donors (Lipinski definition) is 1. The van der Waals surface area contributed by atoms with Crippen LogP contribution in [0, 0.1) is 10.1 Å². The minimum atomic E-state index is -0.501. The van der Waals surface area contributed by atoms with Crippen molar-refractivity contribution in [3.63, 3.8) is 0 Å². The molecule has 2 heterocycles. The van der Waals surface area contributed by atoms with Crippen molar-refractivity contribution in [3.8, 4) is 11.5 Å². The third-order valence-corrected chi connectivity index (χ3v) is 5.48. The number of hydrogen-bond acceptors (Lipinski definition) is 9. The highest BCUT2D eigenvalue weighted by molar-refractivity contribution is 7.99. The molecule has 0 saturated heterocycles. The van der Waals surface area contributed by atoms with Crippen molar-refractivity contribution in [3.05, 3.63) is 71.2 Å². The van der Waals surface area contributed by atoms with Gasteiger partial charge in [0.05, 0.1) is 30.3 Å². The fourth-order valence-electron chi connectivity index (χ4n) is 2.99. The summed E-state index contributed by atoms with van der Waals surface area (Å²) in [6.45, 7) is 0. The average Bonchev–Trinajstić information content (AvgIpc) is 2.79. The molecule has 2 aromatic heterocycles. The van der Waals surface area contributed by atoms with Crippen molar-refractivity contribution in [2.24, 2.45) is 0 Å². The van der Waals surface area contributed by atoms with Crippen molar-refractivity contribution in [2.45, 2.75) is 9.92 Å². The van der Waals surface area contributed by atoms with E-state index >= 15 is 0 Å². The molecule has 0 amide bonds. The molecule has 156 valence electrons. The van der Waals surface area contributed by atoms with Crippen LogP contribution in [0.5, 0.6) is 11.5 Å². The van der Waals surface area contributed by atoms with E-state index in [1.165, 1.54) is 25.2 Å². The van der Waals surface area contributed by atoms with Crippen molar-refractivity contribution in [1.82, 2.24) is 15.0 Å². The zero-order valence-electron chi connectivity index (χ0n) is 16.6. The van der Waals surface area contributed by atoms with Crippen LogP contribution in [-0.2, 0) is 0 Å². The summed E-state index contributed by atoms with van der Waals surface area (Å²) in [6.07, 6.45) is 2.97. The van der Waals surface area contributed by atoms with Gasteiger partial charge >= 0.3 is 5.69 Å². The molecule has 0 aliphatic carbocycles. The second kappa shape index (κ2) is 8.84. The first kappa shape index (κ1) is 20.4. The number of nitrogens with zero attached hydrogens (tertiary/aromatic N) is 4. The maximum absolute atomic E-state index is 11.9. The fraction of sp³-hybridized carbons (Fsp3) is 0.0952.